The number of hydrogen-bond donors (Lipinski definition) is 1. The maximum Gasteiger partial charge on any atom is 0.229 e. The van der Waals surface area contributed by atoms with Crippen molar-refractivity contribution in [1.29, 1.82) is 0 Å². The summed E-state index contributed by atoms with van der Waals surface area (Å²) in [5.74, 6) is -0.0337. The van der Waals surface area contributed by atoms with E-state index in [4.69, 9.17) is 0 Å². The van der Waals surface area contributed by atoms with Gasteiger partial charge >= 0.3 is 0 Å². The minimum atomic E-state index is -0.580. The molecule has 19 heavy (non-hydrogen) atoms. The van der Waals surface area contributed by atoms with Crippen LogP contribution in [0.3, 0.4) is 0 Å². The average molecular weight is 326 g/mol. The molecular weight excluding hydrogens is 306 g/mol. The maximum absolute atomic E-state index is 12.0. The molecule has 0 spiro atoms. The minimum absolute atomic E-state index is 0.0150. The van der Waals surface area contributed by atoms with Gasteiger partial charge in [-0.2, -0.15) is 0 Å². The number of hydrogen-bond acceptors (Lipinski definition) is 2. The highest BCUT2D eigenvalue weighted by molar-refractivity contribution is 9.10. The lowest BCUT2D eigenvalue weighted by Gasteiger charge is -2.18. The lowest BCUT2D eigenvalue weighted by molar-refractivity contribution is -0.123. The van der Waals surface area contributed by atoms with E-state index in [2.05, 4.69) is 21.2 Å². The molecule has 1 aromatic carbocycles. The van der Waals surface area contributed by atoms with E-state index in [1.54, 1.807) is 24.3 Å². The molecule has 4 heteroatoms. The minimum Gasteiger partial charge on any atom is -0.326 e. The van der Waals surface area contributed by atoms with E-state index in [1.165, 1.54) is 0 Å². The highest BCUT2D eigenvalue weighted by Crippen LogP contribution is 2.23. The second-order valence-electron chi connectivity index (χ2n) is 6.08. The summed E-state index contributed by atoms with van der Waals surface area (Å²) in [6, 6.07) is 6.94. The van der Waals surface area contributed by atoms with Gasteiger partial charge < -0.3 is 5.32 Å². The molecule has 0 aliphatic heterocycles. The lowest BCUT2D eigenvalue weighted by Crippen LogP contribution is -2.27. The Morgan fingerprint density at radius 3 is 1.84 bits per heavy atom. The number of ketones is 1. The van der Waals surface area contributed by atoms with Gasteiger partial charge in [-0.3, -0.25) is 9.59 Å². The number of rotatable bonds is 3. The van der Waals surface area contributed by atoms with Gasteiger partial charge in [0, 0.05) is 16.7 Å². The van der Waals surface area contributed by atoms with Crippen LogP contribution in [0, 0.1) is 5.41 Å². The number of carbonyl (C=O) groups is 2. The molecule has 0 unspecified atom stereocenters. The first kappa shape index (κ1) is 15.9. The molecule has 0 saturated heterocycles. The van der Waals surface area contributed by atoms with Gasteiger partial charge in [-0.1, -0.05) is 36.7 Å². The van der Waals surface area contributed by atoms with Crippen LogP contribution in [-0.2, 0) is 4.79 Å². The molecule has 1 aromatic rings. The Morgan fingerprint density at radius 1 is 1.00 bits per heavy atom. The second-order valence-corrected chi connectivity index (χ2v) is 8.07. The molecule has 1 amide bonds. The van der Waals surface area contributed by atoms with Crippen LogP contribution in [0.5, 0.6) is 0 Å². The lowest BCUT2D eigenvalue weighted by atomic mass is 9.95. The van der Waals surface area contributed by atoms with Gasteiger partial charge in [0.1, 0.15) is 0 Å². The van der Waals surface area contributed by atoms with Gasteiger partial charge in [0.15, 0.2) is 5.78 Å². The number of amides is 1. The van der Waals surface area contributed by atoms with E-state index < -0.39 is 9.74 Å². The Balaban J connectivity index is 2.84. The molecule has 0 aliphatic rings. The third-order valence-electron chi connectivity index (χ3n) is 2.63. The summed E-state index contributed by atoms with van der Waals surface area (Å²) >= 11 is 3.35. The van der Waals surface area contributed by atoms with Crippen molar-refractivity contribution in [3.05, 3.63) is 29.8 Å². The van der Waals surface area contributed by atoms with Crippen LogP contribution >= 0.6 is 15.9 Å². The van der Waals surface area contributed by atoms with E-state index in [9.17, 15) is 9.59 Å². The van der Waals surface area contributed by atoms with Crippen molar-refractivity contribution in [2.24, 2.45) is 5.41 Å². The first-order valence-corrected chi connectivity index (χ1v) is 6.96. The Hall–Kier alpha value is -1.16. The standard InChI is InChI=1S/C15H20BrNO2/c1-14(2,3)13(19)17-11-8-6-10(7-9-11)12(18)15(4,5)16/h6-9H,1-5H3,(H,17,19). The molecule has 0 radical (unpaired) electrons. The molecule has 1 rings (SSSR count). The molecular formula is C15H20BrNO2. The average Bonchev–Trinajstić information content (AvgIpc) is 2.26. The SMILES string of the molecule is CC(C)(C)C(=O)Nc1ccc(C(=O)C(C)(C)Br)cc1. The molecule has 0 aliphatic carbocycles. The third kappa shape index (κ3) is 4.46. The fourth-order valence-electron chi connectivity index (χ4n) is 1.37. The van der Waals surface area contributed by atoms with Crippen LogP contribution in [0.1, 0.15) is 45.0 Å². The summed E-state index contributed by atoms with van der Waals surface area (Å²) < 4.78 is -0.580. The zero-order valence-electron chi connectivity index (χ0n) is 12.0. The monoisotopic (exact) mass is 325 g/mol. The van der Waals surface area contributed by atoms with Gasteiger partial charge in [0.2, 0.25) is 5.91 Å². The Kier molecular flexibility index (Phi) is 4.56. The quantitative estimate of drug-likeness (QED) is 0.673. The van der Waals surface area contributed by atoms with E-state index >= 15 is 0 Å². The fourth-order valence-corrected chi connectivity index (χ4v) is 1.60. The van der Waals surface area contributed by atoms with Crippen molar-refractivity contribution in [3.8, 4) is 0 Å². The van der Waals surface area contributed by atoms with Gasteiger partial charge in [0.05, 0.1) is 4.32 Å². The molecule has 0 aromatic heterocycles. The number of alkyl halides is 1. The smallest absolute Gasteiger partial charge is 0.229 e. The summed E-state index contributed by atoms with van der Waals surface area (Å²) in [4.78, 5) is 23.9. The fraction of sp³-hybridized carbons (Fsp3) is 0.467. The van der Waals surface area contributed by atoms with Crippen LogP contribution in [0.25, 0.3) is 0 Å². The van der Waals surface area contributed by atoms with Crippen molar-refractivity contribution in [1.82, 2.24) is 0 Å². The van der Waals surface area contributed by atoms with Crippen LogP contribution in [0.2, 0.25) is 0 Å². The van der Waals surface area contributed by atoms with Gasteiger partial charge in [0.25, 0.3) is 0 Å². The maximum atomic E-state index is 12.0. The molecule has 0 heterocycles. The van der Waals surface area contributed by atoms with E-state index in [-0.39, 0.29) is 11.7 Å². The number of Topliss-reactive ketones (excluding diaryl/α,β-unsaturated/α-hetero) is 1. The number of carbonyl (C=O) groups excluding carboxylic acids is 2. The van der Waals surface area contributed by atoms with Crippen LogP contribution < -0.4 is 5.32 Å². The first-order valence-electron chi connectivity index (χ1n) is 6.17. The van der Waals surface area contributed by atoms with Gasteiger partial charge in [-0.25, -0.2) is 0 Å². The van der Waals surface area contributed by atoms with Crippen molar-refractivity contribution in [2.75, 3.05) is 5.32 Å². The topological polar surface area (TPSA) is 46.2 Å². The van der Waals surface area contributed by atoms with Gasteiger partial charge in [-0.15, -0.1) is 0 Å². The highest BCUT2D eigenvalue weighted by atomic mass is 79.9. The van der Waals surface area contributed by atoms with E-state index in [0.717, 1.165) is 0 Å². The number of nitrogens with one attached hydrogen (secondary N) is 1. The number of halogens is 1. The van der Waals surface area contributed by atoms with Crippen LogP contribution in [-0.4, -0.2) is 16.0 Å². The summed E-state index contributed by atoms with van der Waals surface area (Å²) in [6.45, 7) is 9.18. The predicted molar refractivity (Wildman–Crippen MR) is 81.9 cm³/mol. The Morgan fingerprint density at radius 2 is 1.47 bits per heavy atom. The molecule has 1 N–H and O–H groups in total. The summed E-state index contributed by atoms with van der Waals surface area (Å²) in [6.07, 6.45) is 0. The number of benzene rings is 1. The molecule has 0 atom stereocenters. The third-order valence-corrected chi connectivity index (χ3v) is 2.99. The summed E-state index contributed by atoms with van der Waals surface area (Å²) in [5, 5.41) is 2.82. The number of anilines is 1. The van der Waals surface area contributed by atoms with Crippen molar-refractivity contribution in [3.63, 3.8) is 0 Å². The predicted octanol–water partition coefficient (Wildman–Crippen LogP) is 4.03. The van der Waals surface area contributed by atoms with Crippen molar-refractivity contribution >= 4 is 33.3 Å². The largest absolute Gasteiger partial charge is 0.326 e. The van der Waals surface area contributed by atoms with E-state index in [1.807, 2.05) is 34.6 Å². The summed E-state index contributed by atoms with van der Waals surface area (Å²) in [7, 11) is 0. The summed E-state index contributed by atoms with van der Waals surface area (Å²) in [5.41, 5.74) is 0.881. The zero-order chi connectivity index (χ0) is 14.8. The molecule has 3 nitrogen and oxygen atoms in total. The normalized spacial score (nSPS) is 12.1. The van der Waals surface area contributed by atoms with Gasteiger partial charge in [-0.05, 0) is 38.1 Å². The van der Waals surface area contributed by atoms with Crippen molar-refractivity contribution < 1.29 is 9.59 Å². The zero-order valence-corrected chi connectivity index (χ0v) is 13.6. The molecule has 104 valence electrons. The van der Waals surface area contributed by atoms with Crippen molar-refractivity contribution in [2.45, 2.75) is 38.9 Å². The Labute approximate surface area is 122 Å². The van der Waals surface area contributed by atoms with E-state index in [0.29, 0.717) is 11.3 Å². The van der Waals surface area contributed by atoms with Crippen LogP contribution in [0.4, 0.5) is 5.69 Å². The molecule has 0 bridgehead atoms. The molecule has 0 fully saturated rings. The second kappa shape index (κ2) is 5.45. The first-order chi connectivity index (χ1) is 8.51. The molecule has 0 saturated carbocycles. The highest BCUT2D eigenvalue weighted by Gasteiger charge is 2.25. The Bertz CT molecular complexity index is 478. The van der Waals surface area contributed by atoms with Crippen LogP contribution in [0.15, 0.2) is 24.3 Å².